The largest absolute Gasteiger partial charge is 0.345 e. The molecule has 0 aromatic heterocycles. The number of carbonyl (C=O) groups is 1. The first-order valence-electron chi connectivity index (χ1n) is 2.85. The van der Waals surface area contributed by atoms with Gasteiger partial charge in [-0.2, -0.15) is 0 Å². The second-order valence-electron chi connectivity index (χ2n) is 2.29. The summed E-state index contributed by atoms with van der Waals surface area (Å²) in [6, 6.07) is 0. The van der Waals surface area contributed by atoms with Gasteiger partial charge >= 0.3 is 0 Å². The van der Waals surface area contributed by atoms with Gasteiger partial charge in [-0.15, -0.1) is 0 Å². The number of nitrogens with zero attached hydrogens (tertiary/aromatic N) is 1. The van der Waals surface area contributed by atoms with E-state index in [1.54, 1.807) is 11.9 Å². The van der Waals surface area contributed by atoms with Crippen LogP contribution in [0.15, 0.2) is 0 Å². The molecule has 0 bridgehead atoms. The van der Waals surface area contributed by atoms with Gasteiger partial charge in [0.15, 0.2) is 0 Å². The Kier molecular flexibility index (Phi) is 1.51. The fourth-order valence-corrected chi connectivity index (χ4v) is 0.943. The van der Waals surface area contributed by atoms with E-state index in [9.17, 15) is 9.59 Å². The summed E-state index contributed by atoms with van der Waals surface area (Å²) in [6.07, 6.45) is 2.16. The van der Waals surface area contributed by atoms with Gasteiger partial charge in [0, 0.05) is 20.0 Å². The highest BCUT2D eigenvalue weighted by atomic mass is 16.2. The molecule has 0 spiro atoms. The van der Waals surface area contributed by atoms with Crippen LogP contribution in [-0.4, -0.2) is 30.7 Å². The highest BCUT2D eigenvalue weighted by Gasteiger charge is 2.26. The van der Waals surface area contributed by atoms with Gasteiger partial charge < -0.3 is 4.90 Å². The zero-order valence-corrected chi connectivity index (χ0v) is 5.26. The van der Waals surface area contributed by atoms with Crippen molar-refractivity contribution in [2.24, 2.45) is 5.92 Å². The zero-order chi connectivity index (χ0) is 6.85. The first-order valence-corrected chi connectivity index (χ1v) is 2.85. The van der Waals surface area contributed by atoms with E-state index in [2.05, 4.69) is 0 Å². The van der Waals surface area contributed by atoms with E-state index in [0.29, 0.717) is 13.0 Å². The summed E-state index contributed by atoms with van der Waals surface area (Å²) in [4.78, 5) is 22.2. The van der Waals surface area contributed by atoms with Crippen molar-refractivity contribution in [3.63, 3.8) is 0 Å². The van der Waals surface area contributed by atoms with Crippen molar-refractivity contribution in [1.82, 2.24) is 4.90 Å². The minimum absolute atomic E-state index is 0.0448. The molecule has 1 rings (SSSR count). The quantitative estimate of drug-likeness (QED) is 0.478. The fourth-order valence-electron chi connectivity index (χ4n) is 0.943. The summed E-state index contributed by atoms with van der Waals surface area (Å²) in [5.41, 5.74) is 0. The fraction of sp³-hybridized carbons (Fsp3) is 0.667. The van der Waals surface area contributed by atoms with E-state index in [0.717, 1.165) is 0 Å². The van der Waals surface area contributed by atoms with Crippen molar-refractivity contribution >= 4 is 12.2 Å². The first kappa shape index (κ1) is 6.26. The molecule has 3 heteroatoms. The highest BCUT2D eigenvalue weighted by Crippen LogP contribution is 2.12. The first-order chi connectivity index (χ1) is 4.24. The Morgan fingerprint density at radius 2 is 2.44 bits per heavy atom. The third-order valence-corrected chi connectivity index (χ3v) is 1.51. The van der Waals surface area contributed by atoms with Gasteiger partial charge in [0.25, 0.3) is 0 Å². The second kappa shape index (κ2) is 2.17. The summed E-state index contributed by atoms with van der Waals surface area (Å²) >= 11 is 0. The maximum absolute atomic E-state index is 10.7. The van der Waals surface area contributed by atoms with Gasteiger partial charge in [-0.3, -0.25) is 9.59 Å². The average molecular weight is 126 g/mol. The van der Waals surface area contributed by atoms with E-state index >= 15 is 0 Å². The van der Waals surface area contributed by atoms with Crippen LogP contribution in [0.5, 0.6) is 0 Å². The number of amides is 1. The molecule has 0 aliphatic carbocycles. The summed E-state index contributed by atoms with van der Waals surface area (Å²) < 4.78 is 0. The van der Waals surface area contributed by atoms with Crippen molar-refractivity contribution in [2.45, 2.75) is 6.42 Å². The van der Waals surface area contributed by atoms with Crippen LogP contribution in [0, 0.1) is 5.92 Å². The Morgan fingerprint density at radius 3 is 2.67 bits per heavy atom. The average Bonchev–Trinajstić information content (AvgIpc) is 2.13. The van der Waals surface area contributed by atoms with Gasteiger partial charge in [-0.05, 0) is 0 Å². The predicted molar refractivity (Wildman–Crippen MR) is 31.4 cm³/mol. The lowest BCUT2D eigenvalue weighted by atomic mass is 10.1. The van der Waals surface area contributed by atoms with Crippen LogP contribution in [0.4, 0.5) is 0 Å². The molecule has 9 heavy (non-hydrogen) atoms. The second-order valence-corrected chi connectivity index (χ2v) is 2.29. The van der Waals surface area contributed by atoms with Gasteiger partial charge in [0.1, 0.15) is 0 Å². The van der Waals surface area contributed by atoms with Crippen LogP contribution < -0.4 is 0 Å². The molecular formula is C6H8NO2. The molecule has 1 fully saturated rings. The lowest BCUT2D eigenvalue weighted by Gasteiger charge is -2.04. The predicted octanol–water partition coefficient (Wildman–Crippen LogP) is -0.426. The lowest BCUT2D eigenvalue weighted by Crippen LogP contribution is -2.19. The molecule has 1 heterocycles. The monoisotopic (exact) mass is 126 g/mol. The summed E-state index contributed by atoms with van der Waals surface area (Å²) in [6.45, 7) is 0.544. The zero-order valence-electron chi connectivity index (χ0n) is 5.26. The van der Waals surface area contributed by atoms with Crippen molar-refractivity contribution in [1.29, 1.82) is 0 Å². The normalized spacial score (nSPS) is 27.0. The molecule has 0 N–H and O–H groups in total. The van der Waals surface area contributed by atoms with Crippen molar-refractivity contribution < 1.29 is 9.59 Å². The van der Waals surface area contributed by atoms with Gasteiger partial charge in [-0.25, -0.2) is 0 Å². The molecule has 1 aliphatic rings. The van der Waals surface area contributed by atoms with Crippen LogP contribution in [-0.2, 0) is 9.59 Å². The maximum atomic E-state index is 10.7. The van der Waals surface area contributed by atoms with Crippen molar-refractivity contribution in [3.8, 4) is 0 Å². The number of hydrogen-bond donors (Lipinski definition) is 0. The van der Waals surface area contributed by atoms with E-state index in [4.69, 9.17) is 0 Å². The van der Waals surface area contributed by atoms with Gasteiger partial charge in [-0.1, -0.05) is 0 Å². The van der Waals surface area contributed by atoms with Gasteiger partial charge in [0.2, 0.25) is 12.2 Å². The minimum Gasteiger partial charge on any atom is -0.345 e. The Morgan fingerprint density at radius 1 is 1.78 bits per heavy atom. The maximum Gasteiger partial charge on any atom is 0.223 e. The molecule has 1 aliphatic heterocycles. The molecular weight excluding hydrogens is 118 g/mol. The molecule has 49 valence electrons. The third kappa shape index (κ3) is 1.09. The molecule has 0 aromatic rings. The van der Waals surface area contributed by atoms with E-state index in [-0.39, 0.29) is 11.8 Å². The molecule has 1 unspecified atom stereocenters. The molecule has 1 saturated heterocycles. The third-order valence-electron chi connectivity index (χ3n) is 1.51. The smallest absolute Gasteiger partial charge is 0.223 e. The lowest BCUT2D eigenvalue weighted by molar-refractivity contribution is -0.126. The standard InChI is InChI=1S/C6H8NO2/c1-7-3-5(4-8)2-6(7)9/h5H,2-3H2,1H3. The Balaban J connectivity index is 2.53. The van der Waals surface area contributed by atoms with Crippen LogP contribution in [0.1, 0.15) is 6.42 Å². The Hall–Kier alpha value is -0.860. The molecule has 1 amide bonds. The Bertz CT molecular complexity index is 144. The highest BCUT2D eigenvalue weighted by molar-refractivity contribution is 5.82. The number of rotatable bonds is 1. The minimum atomic E-state index is -0.178. The number of carbonyl (C=O) groups excluding carboxylic acids is 2. The number of hydrogen-bond acceptors (Lipinski definition) is 2. The molecule has 0 aromatic carbocycles. The van der Waals surface area contributed by atoms with Gasteiger partial charge in [0.05, 0.1) is 5.92 Å². The SMILES string of the molecule is CN1CC([C]=O)CC1=O. The summed E-state index contributed by atoms with van der Waals surface area (Å²) in [7, 11) is 1.69. The van der Waals surface area contributed by atoms with Crippen LogP contribution in [0.2, 0.25) is 0 Å². The van der Waals surface area contributed by atoms with Crippen molar-refractivity contribution in [2.75, 3.05) is 13.6 Å². The molecule has 1 radical (unpaired) electrons. The summed E-state index contributed by atoms with van der Waals surface area (Å²) in [5, 5.41) is 0. The van der Waals surface area contributed by atoms with Crippen molar-refractivity contribution in [3.05, 3.63) is 0 Å². The molecule has 3 nitrogen and oxygen atoms in total. The molecule has 0 saturated carbocycles. The van der Waals surface area contributed by atoms with Crippen LogP contribution in [0.3, 0.4) is 0 Å². The number of likely N-dealkylation sites (tertiary alicyclic amines) is 1. The van der Waals surface area contributed by atoms with Crippen LogP contribution >= 0.6 is 0 Å². The van der Waals surface area contributed by atoms with Crippen LogP contribution in [0.25, 0.3) is 0 Å². The summed E-state index contributed by atoms with van der Waals surface area (Å²) in [5.74, 6) is -0.133. The topological polar surface area (TPSA) is 37.4 Å². The molecule has 1 atom stereocenters. The van der Waals surface area contributed by atoms with E-state index < -0.39 is 0 Å². The Labute approximate surface area is 53.6 Å². The van der Waals surface area contributed by atoms with E-state index in [1.165, 1.54) is 0 Å². The van der Waals surface area contributed by atoms with E-state index in [1.807, 2.05) is 6.29 Å².